The highest BCUT2D eigenvalue weighted by atomic mass is 15.1. The van der Waals surface area contributed by atoms with Crippen molar-refractivity contribution < 1.29 is 0 Å². The number of anilines is 3. The number of hydrogen-bond acceptors (Lipinski definition) is 1. The van der Waals surface area contributed by atoms with E-state index in [9.17, 15) is 0 Å². The van der Waals surface area contributed by atoms with E-state index >= 15 is 0 Å². The van der Waals surface area contributed by atoms with Crippen LogP contribution in [0.2, 0.25) is 0 Å². The molecule has 0 fully saturated rings. The molecule has 4 aliphatic carbocycles. The molecular weight excluding hydrogens is 759 g/mol. The summed E-state index contributed by atoms with van der Waals surface area (Å²) in [5, 5.41) is 0. The molecule has 0 aliphatic heterocycles. The summed E-state index contributed by atoms with van der Waals surface area (Å²) in [6.45, 7) is 12.0. The molecule has 0 heterocycles. The number of fused-ring (bicyclic) bond motifs is 4. The molecular formula is C62H53N. The lowest BCUT2D eigenvalue weighted by Crippen LogP contribution is -2.28. The van der Waals surface area contributed by atoms with Gasteiger partial charge in [-0.05, 0) is 123 Å². The number of allylic oxidation sites excluding steroid dienone is 10. The maximum Gasteiger partial charge on any atom is 0.0714 e. The Morgan fingerprint density at radius 3 is 1.81 bits per heavy atom. The van der Waals surface area contributed by atoms with E-state index in [1.54, 1.807) is 5.57 Å². The van der Waals surface area contributed by atoms with Crippen LogP contribution in [0, 0.1) is 5.41 Å². The van der Waals surface area contributed by atoms with Crippen LogP contribution in [0.15, 0.2) is 229 Å². The van der Waals surface area contributed by atoms with Gasteiger partial charge in [-0.2, -0.15) is 0 Å². The molecule has 0 atom stereocenters. The highest BCUT2D eigenvalue weighted by Crippen LogP contribution is 2.58. The molecule has 306 valence electrons. The Morgan fingerprint density at radius 1 is 0.508 bits per heavy atom. The molecule has 0 aromatic heterocycles. The van der Waals surface area contributed by atoms with Gasteiger partial charge in [-0.1, -0.05) is 214 Å². The molecule has 0 spiro atoms. The minimum atomic E-state index is -0.477. The first-order valence-electron chi connectivity index (χ1n) is 22.6. The number of para-hydroxylation sites is 1. The molecule has 7 aromatic carbocycles. The van der Waals surface area contributed by atoms with Crippen molar-refractivity contribution in [2.24, 2.45) is 5.41 Å². The highest BCUT2D eigenvalue weighted by Gasteiger charge is 2.46. The zero-order valence-corrected chi connectivity index (χ0v) is 37.0. The second-order valence-corrected chi connectivity index (χ2v) is 18.8. The third-order valence-electron chi connectivity index (χ3n) is 14.9. The van der Waals surface area contributed by atoms with Crippen molar-refractivity contribution >= 4 is 22.6 Å². The SMILES string of the molecule is CC1=C(/C=C2\CC3=C(C=CC=CC3)C2(C)C)c2cccc(-c3ccc(N(c4ccccc4)c4ccc5c(c4)C(c4ccccc4)(c4ccccc4)c4ccccc4-5)cc3)c2C1(C)C. The maximum absolute atomic E-state index is 2.55. The smallest absolute Gasteiger partial charge is 0.0714 e. The van der Waals surface area contributed by atoms with Gasteiger partial charge >= 0.3 is 0 Å². The number of nitrogens with zero attached hydrogens (tertiary/aromatic N) is 1. The summed E-state index contributed by atoms with van der Waals surface area (Å²) in [6.07, 6.45) is 13.7. The number of rotatable bonds is 7. The maximum atomic E-state index is 2.55. The normalized spacial score (nSPS) is 18.0. The Labute approximate surface area is 373 Å². The van der Waals surface area contributed by atoms with Crippen LogP contribution < -0.4 is 4.90 Å². The molecule has 63 heavy (non-hydrogen) atoms. The van der Waals surface area contributed by atoms with E-state index in [1.807, 2.05) is 0 Å². The first-order valence-corrected chi connectivity index (χ1v) is 22.6. The Bertz CT molecular complexity index is 3040. The largest absolute Gasteiger partial charge is 0.310 e. The second kappa shape index (κ2) is 14.8. The predicted octanol–water partition coefficient (Wildman–Crippen LogP) is 16.4. The van der Waals surface area contributed by atoms with Gasteiger partial charge in [-0.25, -0.2) is 0 Å². The van der Waals surface area contributed by atoms with Crippen molar-refractivity contribution in [1.82, 2.24) is 0 Å². The lowest BCUT2D eigenvalue weighted by atomic mass is 9.67. The van der Waals surface area contributed by atoms with E-state index in [2.05, 4.69) is 246 Å². The molecule has 0 N–H and O–H groups in total. The minimum Gasteiger partial charge on any atom is -0.310 e. The van der Waals surface area contributed by atoms with Crippen LogP contribution in [-0.4, -0.2) is 0 Å². The highest BCUT2D eigenvalue weighted by molar-refractivity contribution is 5.93. The molecule has 1 nitrogen and oxygen atoms in total. The molecule has 0 bridgehead atoms. The molecule has 0 unspecified atom stereocenters. The molecule has 4 aliphatic rings. The van der Waals surface area contributed by atoms with Crippen LogP contribution >= 0.6 is 0 Å². The Morgan fingerprint density at radius 2 is 1.10 bits per heavy atom. The topological polar surface area (TPSA) is 3.24 Å². The number of benzene rings is 7. The van der Waals surface area contributed by atoms with Crippen molar-refractivity contribution in [3.8, 4) is 22.3 Å². The molecule has 0 saturated heterocycles. The minimum absolute atomic E-state index is 0.00347. The lowest BCUT2D eigenvalue weighted by Gasteiger charge is -2.35. The molecule has 1 heteroatoms. The molecule has 7 aromatic rings. The van der Waals surface area contributed by atoms with E-state index in [0.29, 0.717) is 0 Å². The van der Waals surface area contributed by atoms with Crippen molar-refractivity contribution in [1.29, 1.82) is 0 Å². The summed E-state index contributed by atoms with van der Waals surface area (Å²) in [5.74, 6) is 0. The van der Waals surface area contributed by atoms with Gasteiger partial charge in [0.2, 0.25) is 0 Å². The second-order valence-electron chi connectivity index (χ2n) is 18.8. The van der Waals surface area contributed by atoms with E-state index in [0.717, 1.165) is 29.9 Å². The fraction of sp³-hybridized carbons (Fsp3) is 0.161. The molecule has 0 radical (unpaired) electrons. The fourth-order valence-corrected chi connectivity index (χ4v) is 11.5. The van der Waals surface area contributed by atoms with Gasteiger partial charge in [-0.3, -0.25) is 0 Å². The first kappa shape index (κ1) is 38.9. The molecule has 0 saturated carbocycles. The van der Waals surface area contributed by atoms with E-state index in [1.165, 1.54) is 77.9 Å². The fourth-order valence-electron chi connectivity index (χ4n) is 11.5. The van der Waals surface area contributed by atoms with Gasteiger partial charge < -0.3 is 4.90 Å². The van der Waals surface area contributed by atoms with Gasteiger partial charge in [0.05, 0.1) is 5.41 Å². The zero-order chi connectivity index (χ0) is 42.9. The summed E-state index contributed by atoms with van der Waals surface area (Å²) in [5.41, 5.74) is 23.2. The van der Waals surface area contributed by atoms with Crippen LogP contribution in [0.25, 0.3) is 27.8 Å². The van der Waals surface area contributed by atoms with Crippen molar-refractivity contribution in [3.05, 3.63) is 262 Å². The van der Waals surface area contributed by atoms with E-state index in [4.69, 9.17) is 0 Å². The zero-order valence-electron chi connectivity index (χ0n) is 37.0. The van der Waals surface area contributed by atoms with Gasteiger partial charge in [0, 0.05) is 27.9 Å². The summed E-state index contributed by atoms with van der Waals surface area (Å²) in [7, 11) is 0. The standard InChI is InChI=1S/C62H53N/c1-42-55(40-47-39-44-21-10-6-17-31-56(44)61(47,4)5)54-30-20-29-51(59(54)60(42,2)3)43-33-35-49(36-34-43)63(48-26-15-9-16-27-48)50-37-38-53-52-28-18-19-32-57(52)62(58(53)41-50,45-22-11-7-12-23-45)46-24-13-8-14-25-46/h6-20,22-38,40-41H,21,39H2,1-5H3/b47-40+. The monoisotopic (exact) mass is 811 g/mol. The van der Waals surface area contributed by atoms with Crippen molar-refractivity contribution in [2.45, 2.75) is 58.3 Å². The lowest BCUT2D eigenvalue weighted by molar-refractivity contribution is 0.567. The van der Waals surface area contributed by atoms with Gasteiger partial charge in [-0.15, -0.1) is 0 Å². The third-order valence-corrected chi connectivity index (χ3v) is 14.9. The third kappa shape index (κ3) is 5.97. The quantitative estimate of drug-likeness (QED) is 0.155. The number of hydrogen-bond donors (Lipinski definition) is 0. The average Bonchev–Trinajstić information content (AvgIpc) is 3.70. The first-order chi connectivity index (χ1) is 30.7. The van der Waals surface area contributed by atoms with E-state index in [-0.39, 0.29) is 10.8 Å². The van der Waals surface area contributed by atoms with Crippen LogP contribution in [0.3, 0.4) is 0 Å². The molecule has 11 rings (SSSR count). The average molecular weight is 812 g/mol. The van der Waals surface area contributed by atoms with E-state index < -0.39 is 5.41 Å². The van der Waals surface area contributed by atoms with Crippen LogP contribution in [0.4, 0.5) is 17.1 Å². The van der Waals surface area contributed by atoms with Gasteiger partial charge in [0.1, 0.15) is 0 Å². The molecule has 0 amide bonds. The summed E-state index contributed by atoms with van der Waals surface area (Å²) >= 11 is 0. The Balaban J connectivity index is 1.01. The summed E-state index contributed by atoms with van der Waals surface area (Å²) in [6, 6.07) is 65.4. The van der Waals surface area contributed by atoms with Gasteiger partial charge in [0.25, 0.3) is 0 Å². The van der Waals surface area contributed by atoms with Crippen molar-refractivity contribution in [3.63, 3.8) is 0 Å². The van der Waals surface area contributed by atoms with Crippen molar-refractivity contribution in [2.75, 3.05) is 4.90 Å². The van der Waals surface area contributed by atoms with Gasteiger partial charge in [0.15, 0.2) is 0 Å². The Kier molecular flexibility index (Phi) is 9.18. The summed E-state index contributed by atoms with van der Waals surface area (Å²) in [4.78, 5) is 2.42. The summed E-state index contributed by atoms with van der Waals surface area (Å²) < 4.78 is 0. The predicted molar refractivity (Wildman–Crippen MR) is 266 cm³/mol. The Hall–Kier alpha value is -6.96. The van der Waals surface area contributed by atoms with Crippen LogP contribution in [-0.2, 0) is 10.8 Å². The van der Waals surface area contributed by atoms with Crippen LogP contribution in [0.1, 0.15) is 80.8 Å². The van der Waals surface area contributed by atoms with Crippen LogP contribution in [0.5, 0.6) is 0 Å².